The van der Waals surface area contributed by atoms with Gasteiger partial charge in [-0.1, -0.05) is 12.1 Å². The summed E-state index contributed by atoms with van der Waals surface area (Å²) in [6.07, 6.45) is -5.28. The molecule has 148 valence electrons. The maximum absolute atomic E-state index is 12.3. The Hall–Kier alpha value is -3.43. The normalized spacial score (nSPS) is 13.5. The summed E-state index contributed by atoms with van der Waals surface area (Å²) in [7, 11) is 0. The number of urea groups is 1. The summed E-state index contributed by atoms with van der Waals surface area (Å²) in [5.74, 6) is -0.443. The zero-order valence-corrected chi connectivity index (χ0v) is 14.4. The van der Waals surface area contributed by atoms with E-state index in [1.165, 1.54) is 17.0 Å². The molecular weight excluding hydrogens is 379 g/mol. The Morgan fingerprint density at radius 1 is 1.04 bits per heavy atom. The highest BCUT2D eigenvalue weighted by molar-refractivity contribution is 5.99. The van der Waals surface area contributed by atoms with Crippen LogP contribution in [0.1, 0.15) is 11.1 Å². The van der Waals surface area contributed by atoms with Crippen molar-refractivity contribution in [2.75, 3.05) is 17.2 Å². The average molecular weight is 395 g/mol. The van der Waals surface area contributed by atoms with Gasteiger partial charge in [0.25, 0.3) is 0 Å². The molecule has 0 saturated carbocycles. The molecule has 3 amide bonds. The van der Waals surface area contributed by atoms with E-state index in [1.807, 2.05) is 0 Å². The van der Waals surface area contributed by atoms with Crippen LogP contribution in [0.15, 0.2) is 42.5 Å². The molecule has 0 aliphatic carbocycles. The van der Waals surface area contributed by atoms with E-state index < -0.39 is 24.2 Å². The second kappa shape index (κ2) is 7.67. The fourth-order valence-corrected chi connectivity index (χ4v) is 2.86. The standard InChI is InChI=1S/C18H16F3N3O4/c19-18(20,21)28-15-3-1-2-13(9-15)22-16(25)23-14-5-4-12-10-24(17(26)27)7-6-11(12)8-14/h1-5,8-9H,6-7,10H2,(H,26,27)(H2,22,23,25). The van der Waals surface area contributed by atoms with E-state index in [0.717, 1.165) is 23.3 Å². The van der Waals surface area contributed by atoms with Crippen molar-refractivity contribution in [3.63, 3.8) is 0 Å². The SMILES string of the molecule is O=C(Nc1cccc(OC(F)(F)F)c1)Nc1ccc2c(c1)CCN(C(=O)O)C2. The third kappa shape index (κ3) is 5.06. The second-order valence-electron chi connectivity index (χ2n) is 6.09. The number of nitrogens with zero attached hydrogens (tertiary/aromatic N) is 1. The number of amides is 3. The number of halogens is 3. The third-order valence-corrected chi connectivity index (χ3v) is 4.07. The van der Waals surface area contributed by atoms with E-state index in [9.17, 15) is 22.8 Å². The van der Waals surface area contributed by atoms with Gasteiger partial charge in [0.05, 0.1) is 0 Å². The van der Waals surface area contributed by atoms with Crippen molar-refractivity contribution in [2.45, 2.75) is 19.3 Å². The summed E-state index contributed by atoms with van der Waals surface area (Å²) in [4.78, 5) is 24.5. The monoisotopic (exact) mass is 395 g/mol. The molecule has 0 fully saturated rings. The minimum atomic E-state index is -4.82. The average Bonchev–Trinajstić information content (AvgIpc) is 2.59. The number of nitrogens with one attached hydrogen (secondary N) is 2. The highest BCUT2D eigenvalue weighted by Gasteiger charge is 2.31. The number of hydrogen-bond acceptors (Lipinski definition) is 3. The first kappa shape index (κ1) is 19.3. The number of rotatable bonds is 3. The molecule has 0 saturated heterocycles. The Labute approximate surface area is 157 Å². The molecule has 0 radical (unpaired) electrons. The number of alkyl halides is 3. The number of carbonyl (C=O) groups is 2. The molecule has 2 aromatic carbocycles. The molecule has 7 nitrogen and oxygen atoms in total. The lowest BCUT2D eigenvalue weighted by Gasteiger charge is -2.26. The van der Waals surface area contributed by atoms with E-state index in [0.29, 0.717) is 18.7 Å². The molecule has 0 aromatic heterocycles. The molecule has 0 unspecified atom stereocenters. The van der Waals surface area contributed by atoms with Crippen molar-refractivity contribution in [1.82, 2.24) is 4.90 Å². The molecule has 28 heavy (non-hydrogen) atoms. The Balaban J connectivity index is 1.63. The van der Waals surface area contributed by atoms with Crippen LogP contribution in [-0.4, -0.2) is 35.0 Å². The van der Waals surface area contributed by atoms with E-state index in [1.54, 1.807) is 18.2 Å². The first-order valence-electron chi connectivity index (χ1n) is 8.23. The Morgan fingerprint density at radius 3 is 2.43 bits per heavy atom. The van der Waals surface area contributed by atoms with Crippen molar-refractivity contribution in [3.8, 4) is 5.75 Å². The maximum Gasteiger partial charge on any atom is 0.573 e. The first-order chi connectivity index (χ1) is 13.2. The smallest absolute Gasteiger partial charge is 0.465 e. The van der Waals surface area contributed by atoms with E-state index in [4.69, 9.17) is 5.11 Å². The van der Waals surface area contributed by atoms with E-state index >= 15 is 0 Å². The maximum atomic E-state index is 12.3. The molecular formula is C18H16F3N3O4. The molecule has 1 heterocycles. The largest absolute Gasteiger partial charge is 0.573 e. The topological polar surface area (TPSA) is 90.9 Å². The number of carboxylic acid groups (broad SMARTS) is 1. The lowest BCUT2D eigenvalue weighted by Crippen LogP contribution is -2.34. The van der Waals surface area contributed by atoms with E-state index in [2.05, 4.69) is 15.4 Å². The van der Waals surface area contributed by atoms with Crippen LogP contribution in [0.4, 0.5) is 34.1 Å². The number of ether oxygens (including phenoxy) is 1. The van der Waals surface area contributed by atoms with Gasteiger partial charge >= 0.3 is 18.5 Å². The van der Waals surface area contributed by atoms with Gasteiger partial charge in [-0.3, -0.25) is 0 Å². The molecule has 10 heteroatoms. The summed E-state index contributed by atoms with van der Waals surface area (Å²) in [6, 6.07) is 9.41. The molecule has 0 spiro atoms. The van der Waals surface area contributed by atoms with Crippen molar-refractivity contribution < 1.29 is 32.6 Å². The second-order valence-corrected chi connectivity index (χ2v) is 6.09. The summed E-state index contributed by atoms with van der Waals surface area (Å²) in [5.41, 5.74) is 2.41. The first-order valence-corrected chi connectivity index (χ1v) is 8.23. The van der Waals surface area contributed by atoms with Crippen molar-refractivity contribution >= 4 is 23.5 Å². The van der Waals surface area contributed by atoms with Crippen LogP contribution in [0.2, 0.25) is 0 Å². The molecule has 3 N–H and O–H groups in total. The van der Waals surface area contributed by atoms with Crippen LogP contribution < -0.4 is 15.4 Å². The molecule has 1 aliphatic heterocycles. The van der Waals surface area contributed by atoms with Crippen LogP contribution in [0.5, 0.6) is 5.75 Å². The van der Waals surface area contributed by atoms with Crippen LogP contribution in [-0.2, 0) is 13.0 Å². The molecule has 0 atom stereocenters. The van der Waals surface area contributed by atoms with Gasteiger partial charge in [0.1, 0.15) is 5.75 Å². The fraction of sp³-hybridized carbons (Fsp3) is 0.222. The predicted octanol–water partition coefficient (Wildman–Crippen LogP) is 4.27. The summed E-state index contributed by atoms with van der Waals surface area (Å²) >= 11 is 0. The number of benzene rings is 2. The zero-order valence-electron chi connectivity index (χ0n) is 14.4. The van der Waals surface area contributed by atoms with Gasteiger partial charge in [0, 0.05) is 30.5 Å². The van der Waals surface area contributed by atoms with Crippen LogP contribution >= 0.6 is 0 Å². The molecule has 0 bridgehead atoms. The summed E-state index contributed by atoms with van der Waals surface area (Å²) in [5, 5.41) is 14.1. The zero-order chi connectivity index (χ0) is 20.3. The lowest BCUT2D eigenvalue weighted by molar-refractivity contribution is -0.274. The van der Waals surface area contributed by atoms with Gasteiger partial charge in [0.15, 0.2) is 0 Å². The minimum absolute atomic E-state index is 0.134. The Bertz CT molecular complexity index is 902. The Morgan fingerprint density at radius 2 is 1.75 bits per heavy atom. The van der Waals surface area contributed by atoms with Crippen LogP contribution in [0, 0.1) is 0 Å². The number of hydrogen-bond donors (Lipinski definition) is 3. The summed E-state index contributed by atoms with van der Waals surface area (Å²) in [6.45, 7) is 0.646. The minimum Gasteiger partial charge on any atom is -0.465 e. The molecule has 2 aromatic rings. The number of fused-ring (bicyclic) bond motifs is 1. The van der Waals surface area contributed by atoms with E-state index in [-0.39, 0.29) is 12.2 Å². The highest BCUT2D eigenvalue weighted by Crippen LogP contribution is 2.26. The highest BCUT2D eigenvalue weighted by atomic mass is 19.4. The van der Waals surface area contributed by atoms with Gasteiger partial charge in [-0.15, -0.1) is 13.2 Å². The van der Waals surface area contributed by atoms with Crippen LogP contribution in [0.3, 0.4) is 0 Å². The third-order valence-electron chi connectivity index (χ3n) is 4.07. The van der Waals surface area contributed by atoms with Gasteiger partial charge in [-0.05, 0) is 41.8 Å². The van der Waals surface area contributed by atoms with Crippen LogP contribution in [0.25, 0.3) is 0 Å². The van der Waals surface area contributed by atoms with Crippen molar-refractivity contribution in [1.29, 1.82) is 0 Å². The van der Waals surface area contributed by atoms with Gasteiger partial charge < -0.3 is 25.4 Å². The number of anilines is 2. The predicted molar refractivity (Wildman–Crippen MR) is 94.3 cm³/mol. The lowest BCUT2D eigenvalue weighted by atomic mass is 9.99. The van der Waals surface area contributed by atoms with Crippen molar-refractivity contribution in [3.05, 3.63) is 53.6 Å². The van der Waals surface area contributed by atoms with Gasteiger partial charge in [-0.25, -0.2) is 9.59 Å². The van der Waals surface area contributed by atoms with Crippen molar-refractivity contribution in [2.24, 2.45) is 0 Å². The summed E-state index contributed by atoms with van der Waals surface area (Å²) < 4.78 is 40.6. The Kier molecular flexibility index (Phi) is 5.30. The van der Waals surface area contributed by atoms with Gasteiger partial charge in [-0.2, -0.15) is 0 Å². The quantitative estimate of drug-likeness (QED) is 0.724. The molecule has 3 rings (SSSR count). The molecule has 1 aliphatic rings. The van der Waals surface area contributed by atoms with Gasteiger partial charge in [0.2, 0.25) is 0 Å². The number of carbonyl (C=O) groups excluding carboxylic acids is 1. The fourth-order valence-electron chi connectivity index (χ4n) is 2.86.